The molecule has 0 aromatic rings. The first-order chi connectivity index (χ1) is 7.99. The van der Waals surface area contributed by atoms with Crippen LogP contribution in [0.3, 0.4) is 0 Å². The molecule has 0 aromatic carbocycles. The van der Waals surface area contributed by atoms with Gasteiger partial charge in [-0.15, -0.1) is 12.4 Å². The molecule has 1 aliphatic carbocycles. The van der Waals surface area contributed by atoms with E-state index in [2.05, 4.69) is 32.7 Å². The second kappa shape index (κ2) is 9.17. The van der Waals surface area contributed by atoms with Crippen LogP contribution in [0, 0.1) is 17.8 Å². The average molecular weight is 277 g/mol. The van der Waals surface area contributed by atoms with Crippen LogP contribution in [-0.4, -0.2) is 31.1 Å². The molecule has 0 radical (unpaired) electrons. The van der Waals surface area contributed by atoms with Crippen LogP contribution < -0.4 is 5.73 Å². The van der Waals surface area contributed by atoms with Crippen molar-refractivity contribution in [2.24, 2.45) is 23.5 Å². The summed E-state index contributed by atoms with van der Waals surface area (Å²) in [6.07, 6.45) is 6.87. The van der Waals surface area contributed by atoms with E-state index in [1.165, 1.54) is 32.2 Å². The van der Waals surface area contributed by atoms with Crippen molar-refractivity contribution >= 4 is 12.4 Å². The first kappa shape index (κ1) is 18.2. The molecule has 1 unspecified atom stereocenters. The third kappa shape index (κ3) is 6.96. The lowest BCUT2D eigenvalue weighted by molar-refractivity contribution is 0.203. The van der Waals surface area contributed by atoms with Crippen molar-refractivity contribution in [3.63, 3.8) is 0 Å². The number of halogens is 1. The lowest BCUT2D eigenvalue weighted by Crippen LogP contribution is -2.34. The zero-order valence-corrected chi connectivity index (χ0v) is 13.5. The van der Waals surface area contributed by atoms with Crippen LogP contribution >= 0.6 is 12.4 Å². The van der Waals surface area contributed by atoms with Crippen molar-refractivity contribution in [1.29, 1.82) is 0 Å². The second-order valence-electron chi connectivity index (χ2n) is 6.58. The van der Waals surface area contributed by atoms with Gasteiger partial charge >= 0.3 is 0 Å². The summed E-state index contributed by atoms with van der Waals surface area (Å²) in [6, 6.07) is 0.365. The highest BCUT2D eigenvalue weighted by molar-refractivity contribution is 5.85. The Bertz CT molecular complexity index is 201. The fourth-order valence-corrected chi connectivity index (χ4v) is 2.75. The van der Waals surface area contributed by atoms with Gasteiger partial charge in [0.2, 0.25) is 0 Å². The quantitative estimate of drug-likeness (QED) is 0.804. The highest BCUT2D eigenvalue weighted by Crippen LogP contribution is 2.28. The number of nitrogens with two attached hydrogens (primary N) is 1. The first-order valence-electron chi connectivity index (χ1n) is 7.43. The van der Waals surface area contributed by atoms with Crippen LogP contribution in [0.25, 0.3) is 0 Å². The molecule has 3 heteroatoms. The molecule has 18 heavy (non-hydrogen) atoms. The van der Waals surface area contributed by atoms with Gasteiger partial charge in [0.1, 0.15) is 0 Å². The molecule has 1 fully saturated rings. The van der Waals surface area contributed by atoms with Crippen LogP contribution in [0.15, 0.2) is 0 Å². The van der Waals surface area contributed by atoms with E-state index < -0.39 is 0 Å². The van der Waals surface area contributed by atoms with E-state index in [1.54, 1.807) is 0 Å². The van der Waals surface area contributed by atoms with Crippen LogP contribution in [0.2, 0.25) is 0 Å². The predicted molar refractivity (Wildman–Crippen MR) is 83.3 cm³/mol. The summed E-state index contributed by atoms with van der Waals surface area (Å²) in [5.41, 5.74) is 6.09. The standard InChI is InChI=1S/C15H32N2.ClH/c1-12(2)15(16)9-10-17(4)11-14-7-5-13(3)6-8-14;/h12-15H,5-11,16H2,1-4H3;1H. The van der Waals surface area contributed by atoms with Crippen molar-refractivity contribution in [3.8, 4) is 0 Å². The Kier molecular flexibility index (Phi) is 9.27. The van der Waals surface area contributed by atoms with Crippen molar-refractivity contribution < 1.29 is 0 Å². The van der Waals surface area contributed by atoms with Gasteiger partial charge in [-0.1, -0.05) is 33.6 Å². The van der Waals surface area contributed by atoms with Gasteiger partial charge in [-0.05, 0) is 50.6 Å². The molecule has 0 aromatic heterocycles. The van der Waals surface area contributed by atoms with E-state index in [0.717, 1.165) is 24.8 Å². The van der Waals surface area contributed by atoms with Gasteiger partial charge in [-0.25, -0.2) is 0 Å². The minimum Gasteiger partial charge on any atom is -0.327 e. The van der Waals surface area contributed by atoms with Crippen LogP contribution in [0.5, 0.6) is 0 Å². The van der Waals surface area contributed by atoms with Crippen molar-refractivity contribution in [2.45, 2.75) is 58.9 Å². The van der Waals surface area contributed by atoms with Gasteiger partial charge in [0.15, 0.2) is 0 Å². The van der Waals surface area contributed by atoms with Gasteiger partial charge in [-0.2, -0.15) is 0 Å². The second-order valence-corrected chi connectivity index (χ2v) is 6.58. The summed E-state index contributed by atoms with van der Waals surface area (Å²) in [6.45, 7) is 9.25. The van der Waals surface area contributed by atoms with Gasteiger partial charge in [0, 0.05) is 12.6 Å². The van der Waals surface area contributed by atoms with Crippen LogP contribution in [-0.2, 0) is 0 Å². The SMILES string of the molecule is CC1CCC(CN(C)CCC(N)C(C)C)CC1.Cl. The Balaban J connectivity index is 0.00000289. The molecule has 0 saturated heterocycles. The molecule has 0 heterocycles. The Hall–Kier alpha value is 0.210. The third-order valence-corrected chi connectivity index (χ3v) is 4.41. The summed E-state index contributed by atoms with van der Waals surface area (Å²) in [5.74, 6) is 2.51. The highest BCUT2D eigenvalue weighted by atomic mass is 35.5. The predicted octanol–water partition coefficient (Wildman–Crippen LogP) is 3.54. The van der Waals surface area contributed by atoms with E-state index in [1.807, 2.05) is 0 Å². The fraction of sp³-hybridized carbons (Fsp3) is 1.00. The first-order valence-corrected chi connectivity index (χ1v) is 7.43. The average Bonchev–Trinajstić information content (AvgIpc) is 2.29. The normalized spacial score (nSPS) is 26.2. The maximum Gasteiger partial charge on any atom is 0.00740 e. The molecule has 2 nitrogen and oxygen atoms in total. The van der Waals surface area contributed by atoms with Crippen molar-refractivity contribution in [3.05, 3.63) is 0 Å². The molecule has 2 N–H and O–H groups in total. The lowest BCUT2D eigenvalue weighted by Gasteiger charge is -2.30. The summed E-state index contributed by atoms with van der Waals surface area (Å²) >= 11 is 0. The summed E-state index contributed by atoms with van der Waals surface area (Å²) in [7, 11) is 2.26. The van der Waals surface area contributed by atoms with Crippen molar-refractivity contribution in [1.82, 2.24) is 4.90 Å². The topological polar surface area (TPSA) is 29.3 Å². The Labute approximate surface area is 120 Å². The molecule has 1 rings (SSSR count). The molecule has 1 aliphatic rings. The van der Waals surface area contributed by atoms with Gasteiger partial charge in [0.25, 0.3) is 0 Å². The summed E-state index contributed by atoms with van der Waals surface area (Å²) < 4.78 is 0. The summed E-state index contributed by atoms with van der Waals surface area (Å²) in [5, 5.41) is 0. The fourth-order valence-electron chi connectivity index (χ4n) is 2.75. The number of hydrogen-bond acceptors (Lipinski definition) is 2. The Morgan fingerprint density at radius 2 is 1.72 bits per heavy atom. The molecule has 0 bridgehead atoms. The number of hydrogen-bond donors (Lipinski definition) is 1. The van der Waals surface area contributed by atoms with E-state index >= 15 is 0 Å². The van der Waals surface area contributed by atoms with Crippen LogP contribution in [0.4, 0.5) is 0 Å². The van der Waals surface area contributed by atoms with Crippen LogP contribution in [0.1, 0.15) is 52.9 Å². The van der Waals surface area contributed by atoms with E-state index in [-0.39, 0.29) is 12.4 Å². The van der Waals surface area contributed by atoms with E-state index in [9.17, 15) is 0 Å². The molecule has 110 valence electrons. The minimum absolute atomic E-state index is 0. The Morgan fingerprint density at radius 1 is 1.17 bits per heavy atom. The van der Waals surface area contributed by atoms with Gasteiger partial charge in [0.05, 0.1) is 0 Å². The largest absolute Gasteiger partial charge is 0.327 e. The molecule has 1 saturated carbocycles. The smallest absolute Gasteiger partial charge is 0.00740 e. The summed E-state index contributed by atoms with van der Waals surface area (Å²) in [4.78, 5) is 2.49. The van der Waals surface area contributed by atoms with Crippen molar-refractivity contribution in [2.75, 3.05) is 20.1 Å². The Morgan fingerprint density at radius 3 is 2.22 bits per heavy atom. The number of nitrogens with zero attached hydrogens (tertiary/aromatic N) is 1. The molecular weight excluding hydrogens is 244 g/mol. The maximum absolute atomic E-state index is 6.09. The monoisotopic (exact) mass is 276 g/mol. The molecule has 1 atom stereocenters. The molecule has 0 aliphatic heterocycles. The van der Waals surface area contributed by atoms with Gasteiger partial charge < -0.3 is 10.6 Å². The zero-order chi connectivity index (χ0) is 12.8. The number of rotatable bonds is 6. The highest BCUT2D eigenvalue weighted by Gasteiger charge is 2.19. The lowest BCUT2D eigenvalue weighted by atomic mass is 9.83. The molecular formula is C15H33ClN2. The minimum atomic E-state index is 0. The van der Waals surface area contributed by atoms with E-state index in [4.69, 9.17) is 5.73 Å². The maximum atomic E-state index is 6.09. The third-order valence-electron chi connectivity index (χ3n) is 4.41. The molecule has 0 amide bonds. The molecule has 0 spiro atoms. The zero-order valence-electron chi connectivity index (χ0n) is 12.7. The van der Waals surface area contributed by atoms with E-state index in [0.29, 0.717) is 12.0 Å². The van der Waals surface area contributed by atoms with Gasteiger partial charge in [-0.3, -0.25) is 0 Å².